The fourth-order valence-electron chi connectivity index (χ4n) is 3.40. The number of aromatic nitrogens is 2. The highest BCUT2D eigenvalue weighted by Crippen LogP contribution is 2.24. The molecule has 3 heterocycles. The number of thiazole rings is 1. The fourth-order valence-corrected chi connectivity index (χ4v) is 4.08. The highest BCUT2D eigenvalue weighted by Gasteiger charge is 2.22. The Balaban J connectivity index is 1.35. The van der Waals surface area contributed by atoms with Crippen LogP contribution in [0.4, 0.5) is 5.13 Å². The molecule has 0 saturated carbocycles. The van der Waals surface area contributed by atoms with Crippen molar-refractivity contribution in [3.05, 3.63) is 46.4 Å². The van der Waals surface area contributed by atoms with Crippen molar-refractivity contribution in [3.63, 3.8) is 0 Å². The highest BCUT2D eigenvalue weighted by atomic mass is 32.1. The number of benzene rings is 1. The Bertz CT molecular complexity index is 947. The van der Waals surface area contributed by atoms with E-state index < -0.39 is 5.76 Å². The third-order valence-electron chi connectivity index (χ3n) is 4.67. The number of nitrogens with one attached hydrogen (secondary N) is 1. The molecule has 1 aliphatic heterocycles. The number of fused-ring (bicyclic) bond motifs is 1. The summed E-state index contributed by atoms with van der Waals surface area (Å²) in [5.41, 5.74) is 1.14. The van der Waals surface area contributed by atoms with Crippen LogP contribution in [0, 0.1) is 5.92 Å². The Labute approximate surface area is 154 Å². The van der Waals surface area contributed by atoms with Gasteiger partial charge in [0, 0.05) is 31.2 Å². The number of oxazole rings is 1. The number of nitrogens with zero attached hydrogens (tertiary/aromatic N) is 3. The van der Waals surface area contributed by atoms with Crippen molar-refractivity contribution in [1.82, 2.24) is 14.9 Å². The Morgan fingerprint density at radius 1 is 1.38 bits per heavy atom. The standard InChI is InChI=1S/C18H20N4O3S/c23-16(12-22-14-5-1-2-6-15(14)25-18(22)24)20-10-13-4-3-8-21(11-13)17-19-7-9-26-17/h1-2,5-7,9,13H,3-4,8,10-12H2,(H,20,23). The second-order valence-corrected chi connectivity index (χ2v) is 7.37. The maximum atomic E-state index is 12.3. The first-order chi connectivity index (χ1) is 12.7. The number of carbonyl (C=O) groups is 1. The lowest BCUT2D eigenvalue weighted by atomic mass is 9.98. The first-order valence-corrected chi connectivity index (χ1v) is 9.58. The van der Waals surface area contributed by atoms with E-state index in [0.29, 0.717) is 23.6 Å². The number of anilines is 1. The summed E-state index contributed by atoms with van der Waals surface area (Å²) in [5.74, 6) is -0.298. The lowest BCUT2D eigenvalue weighted by molar-refractivity contribution is -0.121. The summed E-state index contributed by atoms with van der Waals surface area (Å²) in [6.45, 7) is 2.47. The van der Waals surface area contributed by atoms with E-state index in [1.807, 2.05) is 17.6 Å². The van der Waals surface area contributed by atoms with Crippen molar-refractivity contribution >= 4 is 33.5 Å². The molecule has 1 fully saturated rings. The Hall–Kier alpha value is -2.61. The number of hydrogen-bond acceptors (Lipinski definition) is 6. The SMILES string of the molecule is O=C(Cn1c(=O)oc2ccccc21)NCC1CCCN(c2nccs2)C1. The minimum atomic E-state index is -0.506. The molecule has 4 rings (SSSR count). The second kappa shape index (κ2) is 7.33. The van der Waals surface area contributed by atoms with E-state index in [4.69, 9.17) is 4.42 Å². The van der Waals surface area contributed by atoms with Gasteiger partial charge in [-0.05, 0) is 30.9 Å². The molecule has 3 aromatic rings. The van der Waals surface area contributed by atoms with E-state index in [2.05, 4.69) is 15.2 Å². The number of carbonyl (C=O) groups excluding carboxylic acids is 1. The van der Waals surface area contributed by atoms with E-state index in [9.17, 15) is 9.59 Å². The molecule has 1 aliphatic rings. The Morgan fingerprint density at radius 3 is 3.12 bits per heavy atom. The van der Waals surface area contributed by atoms with Gasteiger partial charge >= 0.3 is 5.76 Å². The van der Waals surface area contributed by atoms with Crippen LogP contribution in [0.5, 0.6) is 0 Å². The highest BCUT2D eigenvalue weighted by molar-refractivity contribution is 7.13. The molecular weight excluding hydrogens is 352 g/mol. The molecular formula is C18H20N4O3S. The maximum absolute atomic E-state index is 12.3. The number of piperidine rings is 1. The first-order valence-electron chi connectivity index (χ1n) is 8.70. The molecule has 1 aromatic carbocycles. The van der Waals surface area contributed by atoms with Crippen LogP contribution in [0.1, 0.15) is 12.8 Å². The zero-order chi connectivity index (χ0) is 17.9. The first kappa shape index (κ1) is 16.8. The molecule has 0 bridgehead atoms. The number of hydrogen-bond donors (Lipinski definition) is 1. The van der Waals surface area contributed by atoms with Gasteiger partial charge < -0.3 is 14.6 Å². The molecule has 0 radical (unpaired) electrons. The minimum absolute atomic E-state index is 0.0290. The molecule has 8 heteroatoms. The van der Waals surface area contributed by atoms with Gasteiger partial charge in [-0.1, -0.05) is 12.1 Å². The molecule has 26 heavy (non-hydrogen) atoms. The van der Waals surface area contributed by atoms with E-state index in [-0.39, 0.29) is 12.5 Å². The van der Waals surface area contributed by atoms with Crippen LogP contribution in [-0.4, -0.2) is 35.1 Å². The van der Waals surface area contributed by atoms with Crippen LogP contribution in [0.3, 0.4) is 0 Å². The summed E-state index contributed by atoms with van der Waals surface area (Å²) in [6.07, 6.45) is 3.99. The second-order valence-electron chi connectivity index (χ2n) is 6.49. The monoisotopic (exact) mass is 372 g/mol. The summed E-state index contributed by atoms with van der Waals surface area (Å²) >= 11 is 1.64. The van der Waals surface area contributed by atoms with Crippen molar-refractivity contribution in [2.24, 2.45) is 5.92 Å². The zero-order valence-electron chi connectivity index (χ0n) is 14.3. The van der Waals surface area contributed by atoms with E-state index in [1.54, 1.807) is 29.5 Å². The predicted molar refractivity (Wildman–Crippen MR) is 101 cm³/mol. The summed E-state index contributed by atoms with van der Waals surface area (Å²) < 4.78 is 6.53. The molecule has 0 spiro atoms. The van der Waals surface area contributed by atoms with Gasteiger partial charge in [0.25, 0.3) is 0 Å². The third-order valence-corrected chi connectivity index (χ3v) is 5.50. The van der Waals surface area contributed by atoms with Crippen LogP contribution >= 0.6 is 11.3 Å². The number of para-hydroxylation sites is 2. The zero-order valence-corrected chi connectivity index (χ0v) is 15.1. The Kier molecular flexibility index (Phi) is 4.75. The molecule has 1 unspecified atom stereocenters. The maximum Gasteiger partial charge on any atom is 0.420 e. The van der Waals surface area contributed by atoms with Gasteiger partial charge in [0.2, 0.25) is 5.91 Å². The van der Waals surface area contributed by atoms with Gasteiger partial charge in [-0.3, -0.25) is 9.36 Å². The van der Waals surface area contributed by atoms with Crippen molar-refractivity contribution < 1.29 is 9.21 Å². The van der Waals surface area contributed by atoms with Crippen LogP contribution in [0.2, 0.25) is 0 Å². The molecule has 1 saturated heterocycles. The average Bonchev–Trinajstić information content (AvgIpc) is 3.29. The van der Waals surface area contributed by atoms with Gasteiger partial charge in [-0.25, -0.2) is 9.78 Å². The van der Waals surface area contributed by atoms with Crippen molar-refractivity contribution in [2.75, 3.05) is 24.5 Å². The lowest BCUT2D eigenvalue weighted by Gasteiger charge is -2.32. The molecule has 2 aromatic heterocycles. The van der Waals surface area contributed by atoms with Gasteiger partial charge in [0.15, 0.2) is 10.7 Å². The average molecular weight is 372 g/mol. The van der Waals surface area contributed by atoms with Gasteiger partial charge in [-0.2, -0.15) is 0 Å². The Morgan fingerprint density at radius 2 is 2.27 bits per heavy atom. The van der Waals surface area contributed by atoms with Crippen LogP contribution in [-0.2, 0) is 11.3 Å². The molecule has 0 aliphatic carbocycles. The summed E-state index contributed by atoms with van der Waals surface area (Å²) in [4.78, 5) is 30.9. The third kappa shape index (κ3) is 3.50. The molecule has 1 atom stereocenters. The summed E-state index contributed by atoms with van der Waals surface area (Å²) in [5, 5.41) is 5.98. The quantitative estimate of drug-likeness (QED) is 0.742. The summed E-state index contributed by atoms with van der Waals surface area (Å²) in [7, 11) is 0. The van der Waals surface area contributed by atoms with Gasteiger partial charge in [0.1, 0.15) is 6.54 Å². The molecule has 7 nitrogen and oxygen atoms in total. The number of rotatable bonds is 5. The van der Waals surface area contributed by atoms with Crippen LogP contribution in [0.25, 0.3) is 11.1 Å². The van der Waals surface area contributed by atoms with Crippen molar-refractivity contribution in [3.8, 4) is 0 Å². The lowest BCUT2D eigenvalue weighted by Crippen LogP contribution is -2.42. The van der Waals surface area contributed by atoms with Gasteiger partial charge in [0.05, 0.1) is 5.52 Å². The van der Waals surface area contributed by atoms with Crippen molar-refractivity contribution in [1.29, 1.82) is 0 Å². The van der Waals surface area contributed by atoms with E-state index in [0.717, 1.165) is 31.1 Å². The van der Waals surface area contributed by atoms with Crippen LogP contribution < -0.4 is 16.0 Å². The smallest absolute Gasteiger partial charge is 0.408 e. The minimum Gasteiger partial charge on any atom is -0.408 e. The largest absolute Gasteiger partial charge is 0.420 e. The summed E-state index contributed by atoms with van der Waals surface area (Å²) in [6, 6.07) is 7.12. The topological polar surface area (TPSA) is 80.4 Å². The van der Waals surface area contributed by atoms with Gasteiger partial charge in [-0.15, -0.1) is 11.3 Å². The van der Waals surface area contributed by atoms with E-state index >= 15 is 0 Å². The molecule has 1 amide bonds. The number of amides is 1. The normalized spacial score (nSPS) is 17.5. The predicted octanol–water partition coefficient (Wildman–Crippen LogP) is 2.08. The van der Waals surface area contributed by atoms with E-state index in [1.165, 1.54) is 4.57 Å². The van der Waals surface area contributed by atoms with Crippen LogP contribution in [0.15, 0.2) is 45.1 Å². The van der Waals surface area contributed by atoms with Crippen molar-refractivity contribution in [2.45, 2.75) is 19.4 Å². The molecule has 136 valence electrons. The fraction of sp³-hybridized carbons (Fsp3) is 0.389. The molecule has 1 N–H and O–H groups in total.